The van der Waals surface area contributed by atoms with Gasteiger partial charge in [0.2, 0.25) is 0 Å². The van der Waals surface area contributed by atoms with Crippen molar-refractivity contribution in [2.24, 2.45) is 9.98 Å². The molecule has 28 heavy (non-hydrogen) atoms. The molecule has 0 fully saturated rings. The molecule has 0 aliphatic carbocycles. The third-order valence-corrected chi connectivity index (χ3v) is 6.37. The van der Waals surface area contributed by atoms with Crippen LogP contribution in [0.1, 0.15) is 48.9 Å². The van der Waals surface area contributed by atoms with Gasteiger partial charge in [0, 0.05) is 12.0 Å². The Morgan fingerprint density at radius 2 is 1.89 bits per heavy atom. The molecule has 2 aromatic rings. The third kappa shape index (κ3) is 3.28. The topological polar surface area (TPSA) is 24.7 Å². The van der Waals surface area contributed by atoms with Gasteiger partial charge in [-0.1, -0.05) is 43.4 Å². The molecule has 1 unspecified atom stereocenters. The van der Waals surface area contributed by atoms with Gasteiger partial charge in [-0.05, 0) is 38.1 Å². The van der Waals surface area contributed by atoms with Crippen molar-refractivity contribution in [2.45, 2.75) is 39.2 Å². The summed E-state index contributed by atoms with van der Waals surface area (Å²) in [7, 11) is 0. The number of thiophene rings is 1. The Morgan fingerprint density at radius 3 is 2.68 bits per heavy atom. The molecule has 4 rings (SSSR count). The average molecular weight is 387 g/mol. The maximum atomic E-state index is 4.94. The van der Waals surface area contributed by atoms with E-state index in [0.717, 1.165) is 39.7 Å². The van der Waals surface area contributed by atoms with Crippen LogP contribution in [0.2, 0.25) is 0 Å². The van der Waals surface area contributed by atoms with E-state index in [0.29, 0.717) is 4.48 Å². The Kier molecular flexibility index (Phi) is 4.89. The van der Waals surface area contributed by atoms with Crippen LogP contribution in [0, 0.1) is 11.8 Å². The van der Waals surface area contributed by atoms with Crippen molar-refractivity contribution < 1.29 is 4.48 Å². The Morgan fingerprint density at radius 1 is 1.07 bits per heavy atom. The van der Waals surface area contributed by atoms with Crippen molar-refractivity contribution in [2.75, 3.05) is 0 Å². The van der Waals surface area contributed by atoms with Crippen LogP contribution in [0.3, 0.4) is 0 Å². The smallest absolute Gasteiger partial charge is 0.251 e. The Hall–Kier alpha value is -2.74. The molecule has 1 atom stereocenters. The van der Waals surface area contributed by atoms with Crippen molar-refractivity contribution in [3.8, 4) is 11.8 Å². The molecule has 0 saturated carbocycles. The quantitative estimate of drug-likeness (QED) is 0.468. The van der Waals surface area contributed by atoms with Gasteiger partial charge in [0.15, 0.2) is 0 Å². The van der Waals surface area contributed by atoms with Gasteiger partial charge in [0.1, 0.15) is 29.9 Å². The predicted octanol–water partition coefficient (Wildman–Crippen LogP) is 5.81. The van der Waals surface area contributed by atoms with Gasteiger partial charge >= 0.3 is 0 Å². The zero-order chi connectivity index (χ0) is 19.6. The number of fused-ring (bicyclic) bond motifs is 1. The highest BCUT2D eigenvalue weighted by molar-refractivity contribution is 7.13. The van der Waals surface area contributed by atoms with Crippen molar-refractivity contribution in [1.29, 1.82) is 0 Å². The van der Waals surface area contributed by atoms with E-state index in [2.05, 4.69) is 62.1 Å². The third-order valence-electron chi connectivity index (χ3n) is 5.34. The molecule has 0 saturated heterocycles. The van der Waals surface area contributed by atoms with Crippen molar-refractivity contribution in [3.05, 3.63) is 76.4 Å². The number of hydrogen-bond donors (Lipinski definition) is 0. The molecule has 2 aliphatic heterocycles. The zero-order valence-electron chi connectivity index (χ0n) is 16.5. The molecule has 3 heterocycles. The number of rotatable bonds is 4. The largest absolute Gasteiger partial charge is 0.256 e. The van der Waals surface area contributed by atoms with E-state index in [4.69, 9.17) is 4.99 Å². The highest BCUT2D eigenvalue weighted by Crippen LogP contribution is 2.41. The fourth-order valence-corrected chi connectivity index (χ4v) is 4.61. The first kappa shape index (κ1) is 18.6. The first-order valence-corrected chi connectivity index (χ1v) is 10.4. The minimum Gasteiger partial charge on any atom is -0.251 e. The van der Waals surface area contributed by atoms with Crippen LogP contribution >= 0.6 is 11.3 Å². The summed E-state index contributed by atoms with van der Waals surface area (Å²) >= 11 is 1.69. The first-order valence-electron chi connectivity index (χ1n) is 9.63. The lowest BCUT2D eigenvalue weighted by atomic mass is 9.93. The van der Waals surface area contributed by atoms with Crippen LogP contribution in [0.25, 0.3) is 5.70 Å². The number of hydrogen-bond acceptors (Lipinski definition) is 3. The van der Waals surface area contributed by atoms with Gasteiger partial charge in [0.05, 0.1) is 16.0 Å². The van der Waals surface area contributed by atoms with E-state index < -0.39 is 0 Å². The molecular weight excluding hydrogens is 362 g/mol. The number of aliphatic imine (C=N–C) groups is 2. The van der Waals surface area contributed by atoms with Gasteiger partial charge in [0.25, 0.3) is 5.84 Å². The molecule has 1 aromatic carbocycles. The lowest BCUT2D eigenvalue weighted by Crippen LogP contribution is -2.57. The monoisotopic (exact) mass is 386 g/mol. The second kappa shape index (κ2) is 7.35. The van der Waals surface area contributed by atoms with E-state index in [1.54, 1.807) is 11.3 Å². The first-order chi connectivity index (χ1) is 13.5. The van der Waals surface area contributed by atoms with Gasteiger partial charge in [-0.25, -0.2) is 4.48 Å². The molecular formula is C24H24N3S+. The summed E-state index contributed by atoms with van der Waals surface area (Å²) in [6.07, 6.45) is 10.4. The molecule has 4 heteroatoms. The van der Waals surface area contributed by atoms with Gasteiger partial charge < -0.3 is 0 Å². The number of benzene rings is 1. The minimum atomic E-state index is 0.0193. The van der Waals surface area contributed by atoms with E-state index in [1.165, 1.54) is 0 Å². The molecule has 0 spiro atoms. The lowest BCUT2D eigenvalue weighted by molar-refractivity contribution is -0.787. The SMILES string of the molecule is CCCC(C)(C)[N+]12C=CN=CC1=NC(c1ccc(C#Cc3ccccc3)s1)=C2. The number of nitrogens with zero attached hydrogens (tertiary/aromatic N) is 3. The van der Waals surface area contributed by atoms with Crippen LogP contribution in [0.15, 0.2) is 71.0 Å². The summed E-state index contributed by atoms with van der Waals surface area (Å²) in [6.45, 7) is 6.84. The van der Waals surface area contributed by atoms with Gasteiger partial charge in [-0.15, -0.1) is 11.3 Å². The number of amidine groups is 1. The molecule has 0 bridgehead atoms. The summed E-state index contributed by atoms with van der Waals surface area (Å²) in [5, 5.41) is 0. The van der Waals surface area contributed by atoms with E-state index in [1.807, 2.05) is 42.7 Å². The van der Waals surface area contributed by atoms with Crippen LogP contribution in [0.4, 0.5) is 0 Å². The molecule has 1 aromatic heterocycles. The van der Waals surface area contributed by atoms with Gasteiger partial charge in [-0.3, -0.25) is 4.99 Å². The standard InChI is InChI=1S/C24H24N3S/c1-4-14-24(2,3)27-16-15-25-17-23(27)26-21(18-27)22-13-12-20(28-22)11-10-19-8-6-5-7-9-19/h5-9,12-13,15-18H,4,14H2,1-3H3/q+1. The predicted molar refractivity (Wildman–Crippen MR) is 119 cm³/mol. The van der Waals surface area contributed by atoms with E-state index in [9.17, 15) is 0 Å². The fourth-order valence-electron chi connectivity index (χ4n) is 3.79. The van der Waals surface area contributed by atoms with Crippen LogP contribution in [-0.2, 0) is 0 Å². The second-order valence-electron chi connectivity index (χ2n) is 7.68. The van der Waals surface area contributed by atoms with Crippen molar-refractivity contribution in [1.82, 2.24) is 0 Å². The average Bonchev–Trinajstić information content (AvgIpc) is 3.32. The van der Waals surface area contributed by atoms with Crippen LogP contribution in [0.5, 0.6) is 0 Å². The van der Waals surface area contributed by atoms with Crippen LogP contribution < -0.4 is 0 Å². The normalized spacial score (nSPS) is 20.2. The summed E-state index contributed by atoms with van der Waals surface area (Å²) in [6, 6.07) is 14.3. The van der Waals surface area contributed by atoms with Crippen molar-refractivity contribution >= 4 is 29.1 Å². The van der Waals surface area contributed by atoms with E-state index >= 15 is 0 Å². The molecule has 140 valence electrons. The summed E-state index contributed by atoms with van der Waals surface area (Å²) in [4.78, 5) is 11.5. The van der Waals surface area contributed by atoms with Crippen molar-refractivity contribution in [3.63, 3.8) is 0 Å². The summed E-state index contributed by atoms with van der Waals surface area (Å²) in [5.41, 5.74) is 2.06. The maximum absolute atomic E-state index is 4.94. The summed E-state index contributed by atoms with van der Waals surface area (Å²) in [5.74, 6) is 7.49. The Balaban J connectivity index is 1.67. The number of quaternary nitrogens is 1. The molecule has 3 nitrogen and oxygen atoms in total. The minimum absolute atomic E-state index is 0.0193. The van der Waals surface area contributed by atoms with Gasteiger partial charge in [-0.2, -0.15) is 4.99 Å². The highest BCUT2D eigenvalue weighted by atomic mass is 32.1. The Bertz CT molecular complexity index is 1060. The molecule has 0 radical (unpaired) electrons. The second-order valence-corrected chi connectivity index (χ2v) is 8.76. The van der Waals surface area contributed by atoms with Crippen LogP contribution in [-0.4, -0.2) is 22.1 Å². The highest BCUT2D eigenvalue weighted by Gasteiger charge is 2.49. The lowest BCUT2D eigenvalue weighted by Gasteiger charge is -2.42. The summed E-state index contributed by atoms with van der Waals surface area (Å²) < 4.78 is 0.628. The zero-order valence-corrected chi connectivity index (χ0v) is 17.3. The van der Waals surface area contributed by atoms with E-state index in [-0.39, 0.29) is 5.54 Å². The fraction of sp³-hybridized carbons (Fsp3) is 0.250. The molecule has 0 N–H and O–H groups in total. The Labute approximate surface area is 171 Å². The maximum Gasteiger partial charge on any atom is 0.256 e. The molecule has 0 amide bonds. The molecule has 2 aliphatic rings.